The highest BCUT2D eigenvalue weighted by atomic mass is 19.4. The van der Waals surface area contributed by atoms with E-state index in [0.29, 0.717) is 0 Å². The molecule has 0 amide bonds. The zero-order chi connectivity index (χ0) is 19.3. The van der Waals surface area contributed by atoms with Gasteiger partial charge < -0.3 is 9.47 Å². The van der Waals surface area contributed by atoms with Crippen molar-refractivity contribution in [1.29, 1.82) is 0 Å². The second kappa shape index (κ2) is 8.33. The lowest BCUT2D eigenvalue weighted by molar-refractivity contribution is -0.274. The van der Waals surface area contributed by atoms with Crippen molar-refractivity contribution in [3.05, 3.63) is 78.7 Å². The van der Waals surface area contributed by atoms with E-state index in [-0.39, 0.29) is 11.9 Å². The smallest absolute Gasteiger partial charge is 0.485 e. The molecule has 0 heterocycles. The lowest BCUT2D eigenvalue weighted by atomic mass is 10.0. The summed E-state index contributed by atoms with van der Waals surface area (Å²) in [5, 5.41) is 2.08. The molecule has 27 heavy (non-hydrogen) atoms. The third kappa shape index (κ3) is 5.16. The number of ether oxygens (including phenoxy) is 2. The number of alkyl halides is 3. The van der Waals surface area contributed by atoms with E-state index < -0.39 is 6.36 Å². The number of halogens is 3. The van der Waals surface area contributed by atoms with Crippen molar-refractivity contribution in [1.82, 2.24) is 0 Å². The van der Waals surface area contributed by atoms with Crippen molar-refractivity contribution in [2.45, 2.75) is 32.2 Å². The van der Waals surface area contributed by atoms with Crippen LogP contribution >= 0.6 is 0 Å². The van der Waals surface area contributed by atoms with Gasteiger partial charge in [-0.15, -0.1) is 13.2 Å². The monoisotopic (exact) mass is 373 g/mol. The maximum Gasteiger partial charge on any atom is 0.573 e. The zero-order valence-electron chi connectivity index (χ0n) is 14.9. The van der Waals surface area contributed by atoms with Gasteiger partial charge in [-0.25, -0.2) is 0 Å². The Kier molecular flexibility index (Phi) is 5.89. The van der Waals surface area contributed by atoms with Crippen molar-refractivity contribution in [3.63, 3.8) is 0 Å². The minimum absolute atomic E-state index is 0.239. The van der Waals surface area contributed by atoms with Crippen molar-refractivity contribution in [2.75, 3.05) is 0 Å². The Morgan fingerprint density at radius 3 is 2.33 bits per heavy atom. The summed E-state index contributed by atoms with van der Waals surface area (Å²) in [4.78, 5) is 0. The van der Waals surface area contributed by atoms with E-state index in [2.05, 4.69) is 4.74 Å². The second-order valence-corrected chi connectivity index (χ2v) is 6.19. The first-order valence-corrected chi connectivity index (χ1v) is 8.74. The van der Waals surface area contributed by atoms with Crippen molar-refractivity contribution < 1.29 is 22.6 Å². The molecule has 0 aliphatic rings. The maximum atomic E-state index is 12.4. The molecule has 0 aliphatic carbocycles. The van der Waals surface area contributed by atoms with E-state index in [4.69, 9.17) is 4.74 Å². The van der Waals surface area contributed by atoms with Crippen LogP contribution in [-0.4, -0.2) is 6.36 Å². The van der Waals surface area contributed by atoms with Crippen LogP contribution in [0.5, 0.6) is 11.5 Å². The van der Waals surface area contributed by atoms with Gasteiger partial charge in [0.2, 0.25) is 0 Å². The number of benzene rings is 3. The van der Waals surface area contributed by atoms with Gasteiger partial charge in [0.15, 0.2) is 0 Å². The molecule has 2 nitrogen and oxygen atoms in total. The highest BCUT2D eigenvalue weighted by Crippen LogP contribution is 2.33. The minimum Gasteiger partial charge on any atom is -0.485 e. The number of fused-ring (bicyclic) bond motifs is 1. The Bertz CT molecular complexity index is 867. The highest BCUT2D eigenvalue weighted by Gasteiger charge is 2.31. The molecule has 5 heteroatoms. The quantitative estimate of drug-likeness (QED) is 0.450. The third-order valence-corrected chi connectivity index (χ3v) is 4.22. The van der Waals surface area contributed by atoms with Gasteiger partial charge in [-0.3, -0.25) is 0 Å². The van der Waals surface area contributed by atoms with Gasteiger partial charge >= 0.3 is 6.36 Å². The Balaban J connectivity index is 1.85. The highest BCUT2D eigenvalue weighted by molar-refractivity contribution is 5.88. The van der Waals surface area contributed by atoms with Crippen LogP contribution in [0.4, 0.5) is 13.2 Å². The molecule has 0 aromatic heterocycles. The molecule has 1 atom stereocenters. The molecular formula is C22H20F3O2. The van der Waals surface area contributed by atoms with Crippen LogP contribution < -0.4 is 9.47 Å². The molecule has 0 bridgehead atoms. The van der Waals surface area contributed by atoms with E-state index in [1.54, 1.807) is 12.1 Å². The molecule has 0 aliphatic heterocycles. The summed E-state index contributed by atoms with van der Waals surface area (Å²) in [6.45, 7) is 1.97. The SMILES string of the molecule is C[CH]CCC(Oc1cccc2ccccc12)c1ccc(OC(F)(F)F)cc1. The van der Waals surface area contributed by atoms with Crippen LogP contribution in [0.25, 0.3) is 10.8 Å². The van der Waals surface area contributed by atoms with Gasteiger partial charge in [0, 0.05) is 5.39 Å². The fourth-order valence-electron chi connectivity index (χ4n) is 2.95. The lowest BCUT2D eigenvalue weighted by Gasteiger charge is -2.21. The first kappa shape index (κ1) is 19.1. The van der Waals surface area contributed by atoms with Gasteiger partial charge in [-0.05, 0) is 48.4 Å². The summed E-state index contributed by atoms with van der Waals surface area (Å²) in [7, 11) is 0. The molecule has 0 N–H and O–H groups in total. The predicted octanol–water partition coefficient (Wildman–Crippen LogP) is 6.86. The summed E-state index contributed by atoms with van der Waals surface area (Å²) in [6.07, 6.45) is -1.37. The molecule has 3 aromatic rings. The third-order valence-electron chi connectivity index (χ3n) is 4.22. The van der Waals surface area contributed by atoms with Crippen LogP contribution in [-0.2, 0) is 0 Å². The van der Waals surface area contributed by atoms with Crippen molar-refractivity contribution in [2.24, 2.45) is 0 Å². The van der Waals surface area contributed by atoms with Gasteiger partial charge in [0.25, 0.3) is 0 Å². The summed E-state index contributed by atoms with van der Waals surface area (Å²) < 4.78 is 47.3. The maximum absolute atomic E-state index is 12.4. The fourth-order valence-corrected chi connectivity index (χ4v) is 2.95. The molecule has 3 aromatic carbocycles. The Hall–Kier alpha value is -2.69. The van der Waals surface area contributed by atoms with Gasteiger partial charge in [-0.1, -0.05) is 55.5 Å². The Morgan fingerprint density at radius 2 is 1.63 bits per heavy atom. The van der Waals surface area contributed by atoms with Gasteiger partial charge in [0.1, 0.15) is 17.6 Å². The average Bonchev–Trinajstić information content (AvgIpc) is 2.65. The van der Waals surface area contributed by atoms with Crippen LogP contribution in [0, 0.1) is 6.42 Å². The Morgan fingerprint density at radius 1 is 0.926 bits per heavy atom. The summed E-state index contributed by atoms with van der Waals surface area (Å²) in [5.41, 5.74) is 0.805. The number of hydrogen-bond acceptors (Lipinski definition) is 2. The summed E-state index contributed by atoms with van der Waals surface area (Å²) >= 11 is 0. The van der Waals surface area contributed by atoms with Gasteiger partial charge in [0.05, 0.1) is 0 Å². The molecule has 0 fully saturated rings. The molecule has 0 saturated carbocycles. The normalized spacial score (nSPS) is 12.7. The van der Waals surface area contributed by atoms with Crippen LogP contribution in [0.1, 0.15) is 31.4 Å². The molecule has 1 unspecified atom stereocenters. The van der Waals surface area contributed by atoms with Crippen LogP contribution in [0.2, 0.25) is 0 Å². The number of rotatable bonds is 7. The molecule has 0 spiro atoms. The standard InChI is InChI=1S/C22H20F3O2/c1-2-3-10-20(17-12-14-18(15-13-17)27-22(23,24)25)26-21-11-6-8-16-7-4-5-9-19(16)21/h2,4-9,11-15,20H,3,10H2,1H3. The van der Waals surface area contributed by atoms with E-state index >= 15 is 0 Å². The van der Waals surface area contributed by atoms with Crippen molar-refractivity contribution in [3.8, 4) is 11.5 Å². The first-order chi connectivity index (χ1) is 13.0. The average molecular weight is 373 g/mol. The first-order valence-electron chi connectivity index (χ1n) is 8.74. The topological polar surface area (TPSA) is 18.5 Å². The predicted molar refractivity (Wildman–Crippen MR) is 99.7 cm³/mol. The van der Waals surface area contributed by atoms with E-state index in [1.165, 1.54) is 12.1 Å². The number of hydrogen-bond donors (Lipinski definition) is 0. The molecule has 3 rings (SSSR count). The summed E-state index contributed by atoms with van der Waals surface area (Å²) in [6, 6.07) is 19.7. The minimum atomic E-state index is -4.70. The molecule has 1 radical (unpaired) electrons. The number of unbranched alkanes of at least 4 members (excludes halogenated alkanes) is 1. The zero-order valence-corrected chi connectivity index (χ0v) is 14.9. The molecular weight excluding hydrogens is 353 g/mol. The van der Waals surface area contributed by atoms with Crippen LogP contribution in [0.15, 0.2) is 66.7 Å². The van der Waals surface area contributed by atoms with E-state index in [0.717, 1.165) is 34.9 Å². The van der Waals surface area contributed by atoms with E-state index in [1.807, 2.05) is 55.8 Å². The van der Waals surface area contributed by atoms with E-state index in [9.17, 15) is 13.2 Å². The molecule has 141 valence electrons. The van der Waals surface area contributed by atoms with Crippen molar-refractivity contribution >= 4 is 10.8 Å². The van der Waals surface area contributed by atoms with Gasteiger partial charge in [-0.2, -0.15) is 0 Å². The summed E-state index contributed by atoms with van der Waals surface area (Å²) in [5.74, 6) is 0.516. The largest absolute Gasteiger partial charge is 0.573 e. The fraction of sp³-hybridized carbons (Fsp3) is 0.227. The Labute approximate surface area is 156 Å². The lowest BCUT2D eigenvalue weighted by Crippen LogP contribution is -2.17. The molecule has 0 saturated heterocycles. The second-order valence-electron chi connectivity index (χ2n) is 6.19. The van der Waals surface area contributed by atoms with Crippen LogP contribution in [0.3, 0.4) is 0 Å².